The number of halogens is 28. The maximum atomic E-state index is 13.1. The number of para-hydroxylation sites is 4. The minimum atomic E-state index is -5.60. The number of carbonyl (C=O) groups is 2. The topological polar surface area (TPSA) is 341 Å². The highest BCUT2D eigenvalue weighted by Gasteiger charge is 2.57. The van der Waals surface area contributed by atoms with Crippen LogP contribution in [-0.4, -0.2) is 174 Å². The number of alkyl halides is 25. The second-order valence-electron chi connectivity index (χ2n) is 22.5. The Hall–Kier alpha value is -6.53. The Labute approximate surface area is 672 Å². The zero-order chi connectivity index (χ0) is 86.2. The molecule has 0 spiro atoms. The lowest BCUT2D eigenvalue weighted by Crippen LogP contribution is -2.47. The molecule has 2 aromatic carbocycles. The number of allylic oxidation sites excluding steroid dienone is 2. The van der Waals surface area contributed by atoms with E-state index in [1.807, 2.05) is 78.1 Å². The number of nitrogens with zero attached hydrogens (tertiary/aromatic N) is 7. The van der Waals surface area contributed by atoms with Gasteiger partial charge in [-0.1, -0.05) is 52.6 Å². The first-order valence-electron chi connectivity index (χ1n) is 31.7. The first kappa shape index (κ1) is 106. The third-order valence-corrected chi connectivity index (χ3v) is 16.3. The zero-order valence-corrected chi connectivity index (χ0v) is 65.7. The molecule has 50 heteroatoms. The van der Waals surface area contributed by atoms with Gasteiger partial charge < -0.3 is 70.0 Å². The largest absolute Gasteiger partial charge is 0.463 e. The minimum absolute atomic E-state index is 0. The van der Waals surface area contributed by atoms with Crippen LogP contribution in [0.5, 0.6) is 0 Å². The molecular formula is C63H72ClF24I3N12O10. The maximum Gasteiger partial charge on any atom is 0.463 e. The maximum absolute atomic E-state index is 13.1. The van der Waals surface area contributed by atoms with Crippen molar-refractivity contribution in [2.24, 2.45) is 11.6 Å². The molecule has 2 saturated carbocycles. The molecule has 12 N–H and O–H groups in total. The number of rotatable bonds is 15. The summed E-state index contributed by atoms with van der Waals surface area (Å²) in [5.41, 5.74) is 9.75. The summed E-state index contributed by atoms with van der Waals surface area (Å²) in [5.74, 6) is -6.99. The fraction of sp³-hybridized carbons (Fsp3) is 0.508. The fourth-order valence-electron chi connectivity index (χ4n) is 9.19. The Morgan fingerprint density at radius 3 is 1.21 bits per heavy atom. The zero-order valence-electron chi connectivity index (χ0n) is 58.4. The first-order chi connectivity index (χ1) is 51.7. The van der Waals surface area contributed by atoms with Crippen molar-refractivity contribution in [3.8, 4) is 12.3 Å². The second-order valence-corrected chi connectivity index (χ2v) is 26.6. The van der Waals surface area contributed by atoms with Crippen LogP contribution in [0.25, 0.3) is 22.1 Å². The van der Waals surface area contributed by atoms with Gasteiger partial charge in [0.1, 0.15) is 12.3 Å². The van der Waals surface area contributed by atoms with Crippen molar-refractivity contribution >= 4 is 114 Å². The van der Waals surface area contributed by atoms with Crippen LogP contribution >= 0.6 is 80.2 Å². The molecule has 5 aromatic heterocycles. The number of H-pyrrole nitrogens is 2. The van der Waals surface area contributed by atoms with Crippen LogP contribution in [0.2, 0.25) is 0 Å². The minimum Gasteiger partial charge on any atom is -0.391 e. The van der Waals surface area contributed by atoms with Crippen LogP contribution in [0.3, 0.4) is 0 Å². The number of carbonyl (C=O) groups excluding carboxylic acids is 2. The lowest BCUT2D eigenvalue weighted by molar-refractivity contribution is -0.259. The van der Waals surface area contributed by atoms with E-state index >= 15 is 0 Å². The molecule has 2 aliphatic carbocycles. The normalized spacial score (nSPS) is 16.3. The predicted octanol–water partition coefficient (Wildman–Crippen LogP) is 16.8. The third-order valence-electron chi connectivity index (χ3n) is 14.4. The highest BCUT2D eigenvalue weighted by Crippen LogP contribution is 2.42. The molecule has 0 radical (unpaired) electrons. The Balaban J connectivity index is 0.00000135. The summed E-state index contributed by atoms with van der Waals surface area (Å²) < 4.78 is 287. The molecule has 0 unspecified atom stereocenters. The van der Waals surface area contributed by atoms with Gasteiger partial charge in [0.15, 0.2) is 11.6 Å². The summed E-state index contributed by atoms with van der Waals surface area (Å²) in [6, 6.07) is 18.2. The number of aliphatic hydroxyl groups is 4. The lowest BCUT2D eigenvalue weighted by Gasteiger charge is -2.37. The van der Waals surface area contributed by atoms with Crippen molar-refractivity contribution in [2.45, 2.75) is 169 Å². The van der Waals surface area contributed by atoms with Crippen molar-refractivity contribution in [1.82, 2.24) is 50.5 Å². The summed E-state index contributed by atoms with van der Waals surface area (Å²) in [4.78, 5) is 44.6. The van der Waals surface area contributed by atoms with Gasteiger partial charge in [-0.15, -0.1) is 18.8 Å². The van der Waals surface area contributed by atoms with Crippen LogP contribution in [0.4, 0.5) is 105 Å². The number of amides is 2. The molecule has 22 nitrogen and oxygen atoms in total. The number of hydrogen-bond donors (Lipinski definition) is 10. The highest BCUT2D eigenvalue weighted by molar-refractivity contribution is 14.1. The van der Waals surface area contributed by atoms with E-state index in [-0.39, 0.29) is 108 Å². The smallest absolute Gasteiger partial charge is 0.391 e. The van der Waals surface area contributed by atoms with Gasteiger partial charge in [0, 0.05) is 104 Å². The van der Waals surface area contributed by atoms with Gasteiger partial charge in [-0.25, -0.2) is 15.9 Å². The molecule has 0 bridgehead atoms. The van der Waals surface area contributed by atoms with Crippen molar-refractivity contribution in [3.05, 3.63) is 132 Å². The summed E-state index contributed by atoms with van der Waals surface area (Å²) in [7, 11) is 0. The molecule has 2 amide bonds. The van der Waals surface area contributed by atoms with Gasteiger partial charge in [0.2, 0.25) is 17.3 Å². The number of aryl methyl sites for hydroxylation is 1. The van der Waals surface area contributed by atoms with E-state index in [1.165, 1.54) is 45.2 Å². The van der Waals surface area contributed by atoms with Gasteiger partial charge in [-0.05, 0) is 141 Å². The van der Waals surface area contributed by atoms with E-state index in [9.17, 15) is 115 Å². The molecule has 7 aromatic rings. The summed E-state index contributed by atoms with van der Waals surface area (Å²) in [5, 5.41) is 51.8. The monoisotopic (exact) mass is 2030 g/mol. The number of nitrogens with one attached hydrogen (secondary N) is 3. The van der Waals surface area contributed by atoms with Gasteiger partial charge in [0.25, 0.3) is 11.8 Å². The van der Waals surface area contributed by atoms with Crippen molar-refractivity contribution in [1.29, 1.82) is 0 Å². The SMILES string of the molecule is C#CCO.CCN(C(=O)c1nc2ccccc2[nH]1)[C@H]1CCC[C@@H](N)C1.CCN(C(=O)c1nc2ccccc2[nH]1)[C@H]1CCC[C@@H](NCc2cc(C(F)(F)F)on2)C1.CCc1cc(C(F)(F)F)on1.Cl.FC(F)(F)C(F)(F)I.NO.OC/C(I)=C/C(F)(F)C(F)(F)F.OC/C(I)=C\C(F)(F)C(F)(F)F.OCc1cc(C(F)(F)F)on1. The van der Waals surface area contributed by atoms with Crippen LogP contribution in [-0.2, 0) is 38.1 Å². The Kier molecular flexibility index (Phi) is 45.5. The number of fused-ring (bicyclic) bond motifs is 2. The predicted molar refractivity (Wildman–Crippen MR) is 383 cm³/mol. The number of aromatic amines is 2. The number of aliphatic hydroxyl groups excluding tert-OH is 4. The molecule has 2 aliphatic rings. The van der Waals surface area contributed by atoms with Gasteiger partial charge in [-0.3, -0.25) is 9.59 Å². The molecule has 640 valence electrons. The molecule has 4 atom stereocenters. The van der Waals surface area contributed by atoms with Crippen molar-refractivity contribution in [3.63, 3.8) is 0 Å². The number of nitrogens with two attached hydrogens (primary N) is 2. The van der Waals surface area contributed by atoms with Gasteiger partial charge in [0.05, 0.1) is 53.3 Å². The van der Waals surface area contributed by atoms with E-state index in [0.717, 1.165) is 79.1 Å². The van der Waals surface area contributed by atoms with Crippen molar-refractivity contribution in [2.75, 3.05) is 32.9 Å². The van der Waals surface area contributed by atoms with Gasteiger partial charge in [-0.2, -0.15) is 105 Å². The van der Waals surface area contributed by atoms with E-state index in [1.54, 1.807) is 6.92 Å². The summed E-state index contributed by atoms with van der Waals surface area (Å²) >= 11 is 2.43. The number of hydrogen-bond acceptors (Lipinski definition) is 18. The quantitative estimate of drug-likeness (QED) is 0.0150. The molecule has 2 fully saturated rings. The number of terminal acetylenes is 1. The average Bonchev–Trinajstić information content (AvgIpc) is 1.63. The summed E-state index contributed by atoms with van der Waals surface area (Å²) in [6.45, 7) is 4.71. The lowest BCUT2D eigenvalue weighted by atomic mass is 9.89. The molecule has 0 aliphatic heterocycles. The molecule has 0 saturated heterocycles. The van der Waals surface area contributed by atoms with Gasteiger partial charge >= 0.3 is 52.8 Å². The van der Waals surface area contributed by atoms with Crippen molar-refractivity contribution < 1.29 is 154 Å². The van der Waals surface area contributed by atoms with Crippen LogP contribution < -0.4 is 16.9 Å². The Morgan fingerprint density at radius 1 is 0.575 bits per heavy atom. The molecule has 9 rings (SSSR count). The Morgan fingerprint density at radius 2 is 0.920 bits per heavy atom. The van der Waals surface area contributed by atoms with Crippen LogP contribution in [0.15, 0.2) is 99.6 Å². The molecule has 113 heavy (non-hydrogen) atoms. The summed E-state index contributed by atoms with van der Waals surface area (Å²) in [6.07, 6.45) is -18.3. The number of aromatic nitrogens is 7. The fourth-order valence-corrected chi connectivity index (χ4v) is 9.97. The standard InChI is InChI=1S/C21H24F3N5O2.C16H22N4O.C6H6F3NO.2C5H4F5IO.C5H4F3NO2.C3H4O.C2F5I.ClH.H3NO/c1-2-29(20(30)19-26-16-8-3-4-9-17(16)27-19)15-7-5-6-13(10-15)25-12-14-11-18(31-28-14)21(22,23)24;1-2-20(12-7-5-6-11(17)10-12)16(21)15-18-13-8-3-4-9-14(13)19-15;1-2-4-3-5(11-10-4)6(7,8)9;2*6-4(7,5(8,9)10)1-3(11)2-12;6-5(7,8)4-1-3(2-10)9-11-4;1-2-3-4;3-1(4,5)2(6,7)8;;1-2/h3-4,8-9,11,13,15,25H,2,5-7,10,12H2,1H3,(H,26,27);3-4,8-9,11-12H,2,5-7,10,17H2,1H3,(H,18,19);3H,2H2,1H3;2*1,12H,2H2;1,10H,2H2;1,4H,3H2;;1H;2H,1H2/b;;;3-1+;3-1-;;;;;/t13-,15+;11-,12+;;;;;;;;/m11......../s1. The second kappa shape index (κ2) is 48.2. The average molecular weight is 2030 g/mol. The Bertz CT molecular complexity index is 3850. The van der Waals surface area contributed by atoms with E-state index in [4.69, 9.17) is 31.4 Å². The highest BCUT2D eigenvalue weighted by atomic mass is 127. The van der Waals surface area contributed by atoms with Crippen LogP contribution in [0, 0.1) is 12.3 Å². The first-order valence-corrected chi connectivity index (χ1v) is 34.9. The van der Waals surface area contributed by atoms with E-state index < -0.39 is 97.1 Å². The number of benzene rings is 2. The van der Waals surface area contributed by atoms with Crippen LogP contribution in [0.1, 0.15) is 128 Å². The molecule has 5 heterocycles. The van der Waals surface area contributed by atoms with E-state index in [0.29, 0.717) is 49.3 Å². The molecular weight excluding hydrogens is 1960 g/mol. The van der Waals surface area contributed by atoms with E-state index in [2.05, 4.69) is 66.6 Å². The third kappa shape index (κ3) is 36.7. The number of imidazole rings is 2.